The first kappa shape index (κ1) is 14.5. The highest BCUT2D eigenvalue weighted by molar-refractivity contribution is 5.82. The average Bonchev–Trinajstić information content (AvgIpc) is 2.54. The number of rotatable bonds is 4. The monoisotopic (exact) mass is 241 g/mol. The lowest BCUT2D eigenvalue weighted by Gasteiger charge is -2.38. The maximum absolute atomic E-state index is 12.6. The smallest absolute Gasteiger partial charge is 0.228 e. The van der Waals surface area contributed by atoms with Gasteiger partial charge in [0.1, 0.15) is 0 Å². The van der Waals surface area contributed by atoms with Crippen LogP contribution in [0, 0.1) is 11.3 Å². The number of hydrogen-bond acceptors (Lipinski definition) is 2. The molecule has 17 heavy (non-hydrogen) atoms. The molecule has 0 atom stereocenters. The molecule has 0 heterocycles. The van der Waals surface area contributed by atoms with E-state index in [2.05, 4.69) is 13.8 Å². The minimum Gasteiger partial charge on any atom is -0.395 e. The second-order valence-electron chi connectivity index (χ2n) is 5.68. The number of likely N-dealkylation sites (N-methyl/N-ethyl adjacent to an activating group) is 1. The molecule has 0 radical (unpaired) electrons. The van der Waals surface area contributed by atoms with Gasteiger partial charge < -0.3 is 10.0 Å². The molecule has 1 aliphatic carbocycles. The van der Waals surface area contributed by atoms with Crippen molar-refractivity contribution < 1.29 is 9.90 Å². The van der Waals surface area contributed by atoms with Gasteiger partial charge in [-0.1, -0.05) is 39.5 Å². The van der Waals surface area contributed by atoms with E-state index in [1.807, 2.05) is 7.05 Å². The van der Waals surface area contributed by atoms with Crippen molar-refractivity contribution in [2.24, 2.45) is 11.3 Å². The van der Waals surface area contributed by atoms with Gasteiger partial charge in [0.05, 0.1) is 12.0 Å². The van der Waals surface area contributed by atoms with Crippen LogP contribution in [0.2, 0.25) is 0 Å². The van der Waals surface area contributed by atoms with Gasteiger partial charge in [0.15, 0.2) is 0 Å². The molecule has 0 aromatic rings. The summed E-state index contributed by atoms with van der Waals surface area (Å²) in [7, 11) is 1.81. The summed E-state index contributed by atoms with van der Waals surface area (Å²) in [6.45, 7) is 4.83. The summed E-state index contributed by atoms with van der Waals surface area (Å²) in [5, 5.41) is 8.97. The Morgan fingerprint density at radius 2 is 1.76 bits per heavy atom. The number of aliphatic hydroxyl groups excluding tert-OH is 1. The minimum atomic E-state index is -0.180. The standard InChI is InChI=1S/C14H27NO2/c1-12(2)14(8-6-4-5-7-9-14)13(17)15(3)10-11-16/h12,16H,4-11H2,1-3H3. The first-order valence-corrected chi connectivity index (χ1v) is 6.91. The predicted octanol–water partition coefficient (Wildman–Crippen LogP) is 2.43. The zero-order valence-corrected chi connectivity index (χ0v) is 11.5. The summed E-state index contributed by atoms with van der Waals surface area (Å²) >= 11 is 0. The van der Waals surface area contributed by atoms with E-state index in [1.165, 1.54) is 12.8 Å². The van der Waals surface area contributed by atoms with Gasteiger partial charge in [-0.3, -0.25) is 4.79 Å². The largest absolute Gasteiger partial charge is 0.395 e. The molecule has 0 spiro atoms. The topological polar surface area (TPSA) is 40.5 Å². The number of carbonyl (C=O) groups is 1. The third-order valence-corrected chi connectivity index (χ3v) is 4.31. The number of nitrogens with zero attached hydrogens (tertiary/aromatic N) is 1. The predicted molar refractivity (Wildman–Crippen MR) is 69.7 cm³/mol. The minimum absolute atomic E-state index is 0.0520. The molecule has 3 nitrogen and oxygen atoms in total. The molecule has 1 saturated carbocycles. The van der Waals surface area contributed by atoms with Crippen molar-refractivity contribution in [3.63, 3.8) is 0 Å². The maximum Gasteiger partial charge on any atom is 0.228 e. The van der Waals surface area contributed by atoms with Gasteiger partial charge in [0.25, 0.3) is 0 Å². The quantitative estimate of drug-likeness (QED) is 0.768. The van der Waals surface area contributed by atoms with Crippen molar-refractivity contribution in [2.75, 3.05) is 20.2 Å². The zero-order chi connectivity index (χ0) is 12.9. The van der Waals surface area contributed by atoms with Crippen molar-refractivity contribution in [1.29, 1.82) is 0 Å². The molecule has 1 N–H and O–H groups in total. The summed E-state index contributed by atoms with van der Waals surface area (Å²) in [5.41, 5.74) is -0.180. The fraction of sp³-hybridized carbons (Fsp3) is 0.929. The van der Waals surface area contributed by atoms with Crippen molar-refractivity contribution in [1.82, 2.24) is 4.90 Å². The van der Waals surface area contributed by atoms with E-state index in [4.69, 9.17) is 5.11 Å². The van der Waals surface area contributed by atoms with Gasteiger partial charge in [-0.2, -0.15) is 0 Å². The Bertz CT molecular complexity index is 243. The van der Waals surface area contributed by atoms with Gasteiger partial charge in [0, 0.05) is 13.6 Å². The number of amides is 1. The maximum atomic E-state index is 12.6. The van der Waals surface area contributed by atoms with Crippen LogP contribution in [-0.4, -0.2) is 36.1 Å². The van der Waals surface area contributed by atoms with E-state index in [-0.39, 0.29) is 17.9 Å². The van der Waals surface area contributed by atoms with Gasteiger partial charge >= 0.3 is 0 Å². The van der Waals surface area contributed by atoms with Crippen LogP contribution in [0.5, 0.6) is 0 Å². The SMILES string of the molecule is CC(C)C1(C(=O)N(C)CCO)CCCCCC1. The summed E-state index contributed by atoms with van der Waals surface area (Å²) in [6, 6.07) is 0. The van der Waals surface area contributed by atoms with Gasteiger partial charge in [-0.15, -0.1) is 0 Å². The molecule has 0 aromatic heterocycles. The number of carbonyl (C=O) groups excluding carboxylic acids is 1. The van der Waals surface area contributed by atoms with Crippen molar-refractivity contribution in [3.8, 4) is 0 Å². The van der Waals surface area contributed by atoms with Crippen LogP contribution < -0.4 is 0 Å². The highest BCUT2D eigenvalue weighted by Gasteiger charge is 2.42. The molecule has 1 rings (SSSR count). The summed E-state index contributed by atoms with van der Waals surface area (Å²) < 4.78 is 0. The molecular formula is C14H27NO2. The van der Waals surface area contributed by atoms with Crippen molar-refractivity contribution in [2.45, 2.75) is 52.4 Å². The Hall–Kier alpha value is -0.570. The Balaban J connectivity index is 2.85. The highest BCUT2D eigenvalue weighted by Crippen LogP contribution is 2.42. The van der Waals surface area contributed by atoms with E-state index >= 15 is 0 Å². The Kier molecular flexibility index (Phi) is 5.44. The first-order chi connectivity index (χ1) is 8.04. The number of hydrogen-bond donors (Lipinski definition) is 1. The lowest BCUT2D eigenvalue weighted by Crippen LogP contribution is -2.46. The molecular weight excluding hydrogens is 214 g/mol. The fourth-order valence-electron chi connectivity index (χ4n) is 3.03. The van der Waals surface area contributed by atoms with Crippen LogP contribution >= 0.6 is 0 Å². The molecule has 100 valence electrons. The molecule has 0 unspecified atom stereocenters. The molecule has 1 aliphatic rings. The lowest BCUT2D eigenvalue weighted by molar-refractivity contribution is -0.145. The molecule has 3 heteroatoms. The lowest BCUT2D eigenvalue weighted by atomic mass is 9.70. The van der Waals surface area contributed by atoms with Crippen molar-refractivity contribution in [3.05, 3.63) is 0 Å². The van der Waals surface area contributed by atoms with Gasteiger partial charge in [-0.25, -0.2) is 0 Å². The summed E-state index contributed by atoms with van der Waals surface area (Å²) in [5.74, 6) is 0.623. The zero-order valence-electron chi connectivity index (χ0n) is 11.5. The van der Waals surface area contributed by atoms with Crippen LogP contribution in [0.15, 0.2) is 0 Å². The van der Waals surface area contributed by atoms with Crippen LogP contribution in [0.3, 0.4) is 0 Å². The summed E-state index contributed by atoms with van der Waals surface area (Å²) in [6.07, 6.45) is 6.86. The molecule has 0 aromatic carbocycles. The highest BCUT2D eigenvalue weighted by atomic mass is 16.3. The second-order valence-corrected chi connectivity index (χ2v) is 5.68. The van der Waals surface area contributed by atoms with Crippen LogP contribution in [-0.2, 0) is 4.79 Å². The van der Waals surface area contributed by atoms with E-state index in [0.29, 0.717) is 12.5 Å². The van der Waals surface area contributed by atoms with E-state index < -0.39 is 0 Å². The molecule has 0 saturated heterocycles. The van der Waals surface area contributed by atoms with Crippen LogP contribution in [0.4, 0.5) is 0 Å². The first-order valence-electron chi connectivity index (χ1n) is 6.91. The third kappa shape index (κ3) is 3.21. The third-order valence-electron chi connectivity index (χ3n) is 4.31. The average molecular weight is 241 g/mol. The second kappa shape index (κ2) is 6.39. The molecule has 0 aliphatic heterocycles. The number of aliphatic hydroxyl groups is 1. The van der Waals surface area contributed by atoms with Gasteiger partial charge in [0.2, 0.25) is 5.91 Å². The van der Waals surface area contributed by atoms with E-state index in [1.54, 1.807) is 4.90 Å². The molecule has 1 amide bonds. The van der Waals surface area contributed by atoms with Crippen LogP contribution in [0.25, 0.3) is 0 Å². The van der Waals surface area contributed by atoms with E-state index in [0.717, 1.165) is 25.7 Å². The molecule has 1 fully saturated rings. The Labute approximate surface area is 105 Å². The van der Waals surface area contributed by atoms with Gasteiger partial charge in [-0.05, 0) is 18.8 Å². The van der Waals surface area contributed by atoms with Crippen LogP contribution in [0.1, 0.15) is 52.4 Å². The normalized spacial score (nSPS) is 20.1. The molecule has 0 bridgehead atoms. The Morgan fingerprint density at radius 1 is 1.24 bits per heavy atom. The Morgan fingerprint density at radius 3 is 2.18 bits per heavy atom. The van der Waals surface area contributed by atoms with E-state index in [9.17, 15) is 4.79 Å². The van der Waals surface area contributed by atoms with Crippen molar-refractivity contribution >= 4 is 5.91 Å². The fourth-order valence-corrected chi connectivity index (χ4v) is 3.03. The summed E-state index contributed by atoms with van der Waals surface area (Å²) in [4.78, 5) is 14.3.